The molecule has 0 saturated carbocycles. The van der Waals surface area contributed by atoms with Gasteiger partial charge in [-0.15, -0.1) is 11.3 Å². The van der Waals surface area contributed by atoms with Crippen LogP contribution in [-0.4, -0.2) is 18.0 Å². The molecule has 4 rings (SSSR count). The first-order valence-electron chi connectivity index (χ1n) is 8.25. The topological polar surface area (TPSA) is 76.7 Å². The number of ether oxygens (including phenoxy) is 1. The molecule has 2 aromatic heterocycles. The van der Waals surface area contributed by atoms with Gasteiger partial charge in [-0.05, 0) is 36.4 Å². The zero-order valence-corrected chi connectivity index (χ0v) is 16.3. The lowest BCUT2D eigenvalue weighted by Gasteiger charge is -2.06. The Morgan fingerprint density at radius 2 is 2.14 bits per heavy atom. The van der Waals surface area contributed by atoms with E-state index in [9.17, 15) is 4.79 Å². The van der Waals surface area contributed by atoms with Crippen LogP contribution in [0.3, 0.4) is 0 Å². The summed E-state index contributed by atoms with van der Waals surface area (Å²) in [6.45, 7) is 0. The van der Waals surface area contributed by atoms with Gasteiger partial charge >= 0.3 is 0 Å². The van der Waals surface area contributed by atoms with Crippen LogP contribution in [0.5, 0.6) is 5.75 Å². The maximum absolute atomic E-state index is 12.9. The number of aromatic nitrogens is 1. The highest BCUT2D eigenvalue weighted by Gasteiger charge is 2.14. The molecular formula is C20H14ClN3O3S. The number of amides is 1. The number of hydrogen-bond donors (Lipinski definition) is 1. The summed E-state index contributed by atoms with van der Waals surface area (Å²) in [6, 6.07) is 14.1. The number of fused-ring (bicyclic) bond motifs is 1. The van der Waals surface area contributed by atoms with Crippen LogP contribution in [0.4, 0.5) is 10.8 Å². The summed E-state index contributed by atoms with van der Waals surface area (Å²) in [4.78, 5) is 21.4. The van der Waals surface area contributed by atoms with E-state index in [4.69, 9.17) is 20.8 Å². The van der Waals surface area contributed by atoms with E-state index in [1.54, 1.807) is 55.1 Å². The number of anilines is 1. The molecule has 28 heavy (non-hydrogen) atoms. The number of nitrogens with zero attached hydrogens (tertiary/aromatic N) is 2. The molecule has 0 aliphatic heterocycles. The van der Waals surface area contributed by atoms with E-state index in [0.29, 0.717) is 32.6 Å². The van der Waals surface area contributed by atoms with Gasteiger partial charge in [0.2, 0.25) is 5.55 Å². The van der Waals surface area contributed by atoms with Gasteiger partial charge in [-0.3, -0.25) is 10.1 Å². The number of halogens is 1. The van der Waals surface area contributed by atoms with Crippen LogP contribution in [0.15, 0.2) is 69.5 Å². The number of rotatable bonds is 4. The highest BCUT2D eigenvalue weighted by molar-refractivity contribution is 7.13. The number of carbonyl (C=O) groups excluding carboxylic acids is 1. The second-order valence-electron chi connectivity index (χ2n) is 5.75. The van der Waals surface area contributed by atoms with E-state index in [-0.39, 0.29) is 17.0 Å². The van der Waals surface area contributed by atoms with E-state index in [2.05, 4.69) is 15.3 Å². The maximum Gasteiger partial charge on any atom is 0.262 e. The van der Waals surface area contributed by atoms with Crippen molar-refractivity contribution in [1.82, 2.24) is 4.98 Å². The van der Waals surface area contributed by atoms with Gasteiger partial charge in [-0.25, -0.2) is 9.98 Å². The average molecular weight is 412 g/mol. The number of methoxy groups -OCH3 is 1. The molecule has 0 aliphatic rings. The second-order valence-corrected chi connectivity index (χ2v) is 7.08. The van der Waals surface area contributed by atoms with Crippen LogP contribution in [0.25, 0.3) is 11.0 Å². The Bertz CT molecular complexity index is 1220. The van der Waals surface area contributed by atoms with E-state index in [0.717, 1.165) is 0 Å². The van der Waals surface area contributed by atoms with Crippen LogP contribution in [0.1, 0.15) is 10.4 Å². The first-order valence-corrected chi connectivity index (χ1v) is 9.51. The summed E-state index contributed by atoms with van der Waals surface area (Å²) in [7, 11) is 1.58. The fourth-order valence-corrected chi connectivity index (χ4v) is 3.30. The third-order valence-electron chi connectivity index (χ3n) is 3.89. The predicted octanol–water partition coefficient (Wildman–Crippen LogP) is 5.04. The summed E-state index contributed by atoms with van der Waals surface area (Å²) in [5.41, 5.74) is 1.61. The van der Waals surface area contributed by atoms with Crippen molar-refractivity contribution in [3.05, 3.63) is 76.2 Å². The molecule has 140 valence electrons. The number of benzene rings is 2. The van der Waals surface area contributed by atoms with E-state index < -0.39 is 0 Å². The van der Waals surface area contributed by atoms with Crippen molar-refractivity contribution in [1.29, 1.82) is 0 Å². The molecule has 0 atom stereocenters. The molecule has 0 unspecified atom stereocenters. The molecule has 4 aromatic rings. The number of hydrogen-bond acceptors (Lipinski definition) is 6. The molecule has 0 radical (unpaired) electrons. The van der Waals surface area contributed by atoms with Gasteiger partial charge in [0.05, 0.1) is 12.8 Å². The molecule has 2 heterocycles. The molecule has 8 heteroatoms. The zero-order chi connectivity index (χ0) is 19.5. The highest BCUT2D eigenvalue weighted by Crippen LogP contribution is 2.22. The SMILES string of the molecule is COc1cccc(N=c2oc3ccc(Cl)cc3cc2C(=O)Nc2nccs2)c1. The van der Waals surface area contributed by atoms with Crippen molar-refractivity contribution < 1.29 is 13.9 Å². The van der Waals surface area contributed by atoms with Crippen LogP contribution < -0.4 is 15.6 Å². The fraction of sp³-hybridized carbons (Fsp3) is 0.0500. The Kier molecular flexibility index (Phi) is 5.10. The first kappa shape index (κ1) is 18.2. The molecule has 0 bridgehead atoms. The number of thiazole rings is 1. The largest absolute Gasteiger partial charge is 0.497 e. The molecule has 0 saturated heterocycles. The number of nitrogens with one attached hydrogen (secondary N) is 1. The highest BCUT2D eigenvalue weighted by atomic mass is 35.5. The molecule has 0 spiro atoms. The van der Waals surface area contributed by atoms with Crippen molar-refractivity contribution in [2.45, 2.75) is 0 Å². The molecule has 1 amide bonds. The summed E-state index contributed by atoms with van der Waals surface area (Å²) < 4.78 is 11.2. The quantitative estimate of drug-likeness (QED) is 0.510. The summed E-state index contributed by atoms with van der Waals surface area (Å²) >= 11 is 7.41. The third kappa shape index (κ3) is 3.90. The van der Waals surface area contributed by atoms with Crippen LogP contribution in [0, 0.1) is 0 Å². The van der Waals surface area contributed by atoms with Gasteiger partial charge in [0.15, 0.2) is 5.13 Å². The normalized spacial score (nSPS) is 11.6. The third-order valence-corrected chi connectivity index (χ3v) is 4.81. The second kappa shape index (κ2) is 7.84. The minimum Gasteiger partial charge on any atom is -0.497 e. The fourth-order valence-electron chi connectivity index (χ4n) is 2.59. The van der Waals surface area contributed by atoms with Gasteiger partial charge in [-0.2, -0.15) is 0 Å². The smallest absolute Gasteiger partial charge is 0.262 e. The van der Waals surface area contributed by atoms with Crippen molar-refractivity contribution in [2.75, 3.05) is 12.4 Å². The molecule has 6 nitrogen and oxygen atoms in total. The minimum atomic E-state index is -0.373. The lowest BCUT2D eigenvalue weighted by molar-refractivity contribution is 0.102. The van der Waals surface area contributed by atoms with Crippen molar-refractivity contribution in [2.24, 2.45) is 4.99 Å². The Balaban J connectivity index is 1.88. The van der Waals surface area contributed by atoms with Crippen molar-refractivity contribution in [3.8, 4) is 5.75 Å². The molecule has 0 fully saturated rings. The Labute approximate surface area is 169 Å². The zero-order valence-electron chi connectivity index (χ0n) is 14.7. The summed E-state index contributed by atoms with van der Waals surface area (Å²) in [5, 5.41) is 6.27. The van der Waals surface area contributed by atoms with E-state index in [1.807, 2.05) is 12.1 Å². The van der Waals surface area contributed by atoms with E-state index in [1.165, 1.54) is 11.3 Å². The number of carbonyl (C=O) groups is 1. The Hall–Kier alpha value is -3.16. The van der Waals surface area contributed by atoms with Gasteiger partial charge in [-0.1, -0.05) is 17.7 Å². The molecule has 2 aromatic carbocycles. The summed E-state index contributed by atoms with van der Waals surface area (Å²) in [6.07, 6.45) is 1.62. The minimum absolute atomic E-state index is 0.178. The van der Waals surface area contributed by atoms with E-state index >= 15 is 0 Å². The van der Waals surface area contributed by atoms with Gasteiger partial charge in [0, 0.05) is 28.1 Å². The van der Waals surface area contributed by atoms with Crippen LogP contribution >= 0.6 is 22.9 Å². The summed E-state index contributed by atoms with van der Waals surface area (Å²) in [5.74, 6) is 0.282. The van der Waals surface area contributed by atoms with Gasteiger partial charge in [0.25, 0.3) is 5.91 Å². The van der Waals surface area contributed by atoms with Crippen LogP contribution in [0.2, 0.25) is 5.02 Å². The predicted molar refractivity (Wildman–Crippen MR) is 110 cm³/mol. The van der Waals surface area contributed by atoms with Crippen molar-refractivity contribution >= 4 is 50.6 Å². The molecular weight excluding hydrogens is 398 g/mol. The lowest BCUT2D eigenvalue weighted by Crippen LogP contribution is -2.21. The van der Waals surface area contributed by atoms with Crippen molar-refractivity contribution in [3.63, 3.8) is 0 Å². The standard InChI is InChI=1S/C20H14ClN3O3S/c1-26-15-4-2-3-14(11-15)23-19-16(18(25)24-20-22-7-8-28-20)10-12-9-13(21)5-6-17(12)27-19/h2-11H,1H3,(H,22,24,25). The molecule has 1 N–H and O–H groups in total. The van der Waals surface area contributed by atoms with Gasteiger partial charge < -0.3 is 9.15 Å². The molecule has 0 aliphatic carbocycles. The first-order chi connectivity index (χ1) is 13.6. The Morgan fingerprint density at radius 1 is 1.25 bits per heavy atom. The maximum atomic E-state index is 12.9. The van der Waals surface area contributed by atoms with Crippen LogP contribution in [-0.2, 0) is 0 Å². The Morgan fingerprint density at radius 3 is 2.93 bits per heavy atom. The average Bonchev–Trinajstić information content (AvgIpc) is 3.20. The monoisotopic (exact) mass is 411 g/mol. The van der Waals surface area contributed by atoms with Gasteiger partial charge in [0.1, 0.15) is 16.9 Å². The lowest BCUT2D eigenvalue weighted by atomic mass is 10.1.